The minimum absolute atomic E-state index is 0.0292. The van der Waals surface area contributed by atoms with Gasteiger partial charge in [0.1, 0.15) is 17.2 Å². The van der Waals surface area contributed by atoms with Gasteiger partial charge in [0, 0.05) is 32.2 Å². The van der Waals surface area contributed by atoms with Crippen molar-refractivity contribution < 1.29 is 27.1 Å². The molecule has 0 spiro atoms. The molecule has 9 nitrogen and oxygen atoms in total. The summed E-state index contributed by atoms with van der Waals surface area (Å²) in [5.41, 5.74) is -3.12. The highest BCUT2D eigenvalue weighted by Gasteiger charge is 2.37. The minimum Gasteiger partial charge on any atom is -0.379 e. The van der Waals surface area contributed by atoms with E-state index < -0.39 is 34.8 Å². The zero-order valence-corrected chi connectivity index (χ0v) is 17.9. The monoisotopic (exact) mass is 472 g/mol. The van der Waals surface area contributed by atoms with E-state index in [1.807, 2.05) is 4.90 Å². The van der Waals surface area contributed by atoms with Crippen molar-refractivity contribution in [2.24, 2.45) is 0 Å². The molecule has 1 amide bonds. The Bertz CT molecular complexity index is 991. The lowest BCUT2D eigenvalue weighted by molar-refractivity contribution is -0.138. The molecule has 1 saturated heterocycles. The molecule has 0 radical (unpaired) electrons. The van der Waals surface area contributed by atoms with Gasteiger partial charge in [0.25, 0.3) is 5.56 Å². The largest absolute Gasteiger partial charge is 0.423 e. The second kappa shape index (κ2) is 10.6. The van der Waals surface area contributed by atoms with Crippen molar-refractivity contribution in [2.75, 3.05) is 49.6 Å². The van der Waals surface area contributed by atoms with Crippen LogP contribution in [0.25, 0.3) is 0 Å². The molecule has 1 aliphatic rings. The fraction of sp³-hybridized carbons (Fsp3) is 0.500. The summed E-state index contributed by atoms with van der Waals surface area (Å²) >= 11 is 0. The van der Waals surface area contributed by atoms with Gasteiger partial charge < -0.3 is 19.9 Å². The van der Waals surface area contributed by atoms with E-state index in [9.17, 15) is 27.2 Å². The Balaban J connectivity index is 1.39. The third-order valence-corrected chi connectivity index (χ3v) is 5.04. The first kappa shape index (κ1) is 24.4. The Kier molecular flexibility index (Phi) is 7.84. The predicted octanol–water partition coefficient (Wildman–Crippen LogP) is 1.88. The van der Waals surface area contributed by atoms with E-state index in [0.717, 1.165) is 12.4 Å². The standard InChI is InChI=1S/C20H24F4N6O3/c1-13(27-15-11-26-28-19(32)18(15)20(22,23)24)12-33-9-4-17(31)30-7-5-29(6-8-30)16-3-2-14(21)10-25-16/h2-3,10-11,13H,4-9,12H2,1H3,(H2,27,28,32). The van der Waals surface area contributed by atoms with Crippen molar-refractivity contribution >= 4 is 17.4 Å². The van der Waals surface area contributed by atoms with Crippen molar-refractivity contribution in [3.63, 3.8) is 0 Å². The number of amides is 1. The maximum absolute atomic E-state index is 13.1. The molecule has 0 aromatic carbocycles. The van der Waals surface area contributed by atoms with E-state index in [0.29, 0.717) is 32.0 Å². The van der Waals surface area contributed by atoms with Gasteiger partial charge in [-0.15, -0.1) is 0 Å². The normalized spacial score (nSPS) is 15.4. The van der Waals surface area contributed by atoms with Crippen LogP contribution in [0.15, 0.2) is 29.3 Å². The quantitative estimate of drug-likeness (QED) is 0.447. The molecule has 3 rings (SSSR count). The van der Waals surface area contributed by atoms with Crippen molar-refractivity contribution in [3.05, 3.63) is 46.3 Å². The molecule has 13 heteroatoms. The average molecular weight is 472 g/mol. The minimum atomic E-state index is -4.83. The maximum Gasteiger partial charge on any atom is 0.423 e. The maximum atomic E-state index is 13.1. The number of nitrogens with zero attached hydrogens (tertiary/aromatic N) is 4. The topological polar surface area (TPSA) is 103 Å². The summed E-state index contributed by atoms with van der Waals surface area (Å²) in [7, 11) is 0. The molecule has 1 unspecified atom stereocenters. The van der Waals surface area contributed by atoms with Crippen molar-refractivity contribution in [3.8, 4) is 0 Å². The van der Waals surface area contributed by atoms with Crippen LogP contribution in [0.3, 0.4) is 0 Å². The van der Waals surface area contributed by atoms with Crippen molar-refractivity contribution in [2.45, 2.75) is 25.6 Å². The van der Waals surface area contributed by atoms with E-state index in [4.69, 9.17) is 4.74 Å². The van der Waals surface area contributed by atoms with E-state index in [1.165, 1.54) is 6.07 Å². The van der Waals surface area contributed by atoms with Crippen LogP contribution in [0.1, 0.15) is 18.9 Å². The molecule has 2 aromatic heterocycles. The van der Waals surface area contributed by atoms with Crippen LogP contribution >= 0.6 is 0 Å². The number of piperazine rings is 1. The van der Waals surface area contributed by atoms with Crippen LogP contribution in [-0.2, 0) is 15.7 Å². The number of ether oxygens (including phenoxy) is 1. The molecule has 2 aromatic rings. The number of H-pyrrole nitrogens is 1. The lowest BCUT2D eigenvalue weighted by Crippen LogP contribution is -2.49. The molecule has 33 heavy (non-hydrogen) atoms. The van der Waals surface area contributed by atoms with Crippen LogP contribution in [0.4, 0.5) is 29.1 Å². The smallest absolute Gasteiger partial charge is 0.379 e. The number of rotatable bonds is 8. The van der Waals surface area contributed by atoms with Crippen molar-refractivity contribution in [1.82, 2.24) is 20.1 Å². The van der Waals surface area contributed by atoms with Crippen LogP contribution in [0.2, 0.25) is 0 Å². The van der Waals surface area contributed by atoms with E-state index in [2.05, 4.69) is 15.4 Å². The second-order valence-electron chi connectivity index (χ2n) is 7.56. The Morgan fingerprint density at radius 3 is 2.61 bits per heavy atom. The molecule has 2 N–H and O–H groups in total. The van der Waals surface area contributed by atoms with Gasteiger partial charge in [0.05, 0.1) is 37.7 Å². The number of nitrogens with one attached hydrogen (secondary N) is 2. The number of aromatic nitrogens is 3. The second-order valence-corrected chi connectivity index (χ2v) is 7.56. The number of alkyl halides is 3. The Morgan fingerprint density at radius 2 is 1.97 bits per heavy atom. The van der Waals surface area contributed by atoms with Gasteiger partial charge in [-0.05, 0) is 19.1 Å². The summed E-state index contributed by atoms with van der Waals surface area (Å²) in [4.78, 5) is 31.6. The van der Waals surface area contributed by atoms with Gasteiger partial charge in [-0.2, -0.15) is 18.3 Å². The van der Waals surface area contributed by atoms with Gasteiger partial charge in [0.15, 0.2) is 0 Å². The SMILES string of the molecule is CC(COCCC(=O)N1CCN(c2ccc(F)cn2)CC1)Nc1cn[nH]c(=O)c1C(F)(F)F. The molecular weight excluding hydrogens is 448 g/mol. The lowest BCUT2D eigenvalue weighted by atomic mass is 10.2. The summed E-state index contributed by atoms with van der Waals surface area (Å²) in [5, 5.41) is 7.74. The predicted molar refractivity (Wildman–Crippen MR) is 111 cm³/mol. The number of pyridine rings is 1. The zero-order chi connectivity index (χ0) is 24.0. The summed E-state index contributed by atoms with van der Waals surface area (Å²) in [6, 6.07) is 2.37. The van der Waals surface area contributed by atoms with Crippen LogP contribution in [0.5, 0.6) is 0 Å². The average Bonchev–Trinajstić information content (AvgIpc) is 2.76. The molecule has 1 fully saturated rings. The number of anilines is 2. The zero-order valence-electron chi connectivity index (χ0n) is 17.9. The van der Waals surface area contributed by atoms with Crippen LogP contribution in [0, 0.1) is 5.82 Å². The Morgan fingerprint density at radius 1 is 1.24 bits per heavy atom. The third-order valence-electron chi connectivity index (χ3n) is 5.04. The summed E-state index contributed by atoms with van der Waals surface area (Å²) in [5.74, 6) is 0.144. The highest BCUT2D eigenvalue weighted by atomic mass is 19.4. The molecule has 0 aliphatic carbocycles. The number of halogens is 4. The fourth-order valence-electron chi connectivity index (χ4n) is 3.41. The van der Waals surface area contributed by atoms with Crippen LogP contribution < -0.4 is 15.8 Å². The number of aromatic amines is 1. The summed E-state index contributed by atoms with van der Waals surface area (Å²) < 4.78 is 57.7. The number of hydrogen-bond donors (Lipinski definition) is 2. The first-order valence-electron chi connectivity index (χ1n) is 10.3. The van der Waals surface area contributed by atoms with Gasteiger partial charge in [-0.25, -0.2) is 14.5 Å². The highest BCUT2D eigenvalue weighted by Crippen LogP contribution is 2.31. The van der Waals surface area contributed by atoms with Crippen molar-refractivity contribution in [1.29, 1.82) is 0 Å². The van der Waals surface area contributed by atoms with Crippen LogP contribution in [-0.4, -0.2) is 71.4 Å². The van der Waals surface area contributed by atoms with E-state index in [1.54, 1.807) is 23.0 Å². The number of carbonyl (C=O) groups is 1. The van der Waals surface area contributed by atoms with E-state index >= 15 is 0 Å². The molecule has 3 heterocycles. The molecular formula is C20H24F4N6O3. The van der Waals surface area contributed by atoms with Gasteiger partial charge in [-0.3, -0.25) is 9.59 Å². The number of hydrogen-bond acceptors (Lipinski definition) is 7. The Labute approximate surface area is 186 Å². The first-order valence-corrected chi connectivity index (χ1v) is 10.3. The summed E-state index contributed by atoms with van der Waals surface area (Å²) in [6.45, 7) is 3.84. The molecule has 1 aliphatic heterocycles. The fourth-order valence-corrected chi connectivity index (χ4v) is 3.41. The van der Waals surface area contributed by atoms with Gasteiger partial charge >= 0.3 is 6.18 Å². The highest BCUT2D eigenvalue weighted by molar-refractivity contribution is 5.76. The summed E-state index contributed by atoms with van der Waals surface area (Å²) in [6.07, 6.45) is -2.66. The van der Waals surface area contributed by atoms with E-state index in [-0.39, 0.29) is 25.5 Å². The first-order chi connectivity index (χ1) is 15.6. The molecule has 180 valence electrons. The molecule has 1 atom stereocenters. The van der Waals surface area contributed by atoms with Gasteiger partial charge in [0.2, 0.25) is 5.91 Å². The lowest BCUT2D eigenvalue weighted by Gasteiger charge is -2.35. The molecule has 0 saturated carbocycles. The molecule has 0 bridgehead atoms. The Hall–Kier alpha value is -3.22. The third kappa shape index (κ3) is 6.63. The van der Waals surface area contributed by atoms with Gasteiger partial charge in [-0.1, -0.05) is 0 Å². The number of carbonyl (C=O) groups excluding carboxylic acids is 1.